The molecular weight excluding hydrogens is 374 g/mol. The zero-order valence-corrected chi connectivity index (χ0v) is 16.2. The Balaban J connectivity index is 1.39. The topological polar surface area (TPSA) is 91.6 Å². The number of amides is 1. The van der Waals surface area contributed by atoms with Crippen molar-refractivity contribution in [1.82, 2.24) is 24.4 Å². The molecule has 0 spiro atoms. The second kappa shape index (κ2) is 8.17. The Bertz CT molecular complexity index is 985. The molecule has 150 valence electrons. The third-order valence-corrected chi connectivity index (χ3v) is 4.64. The van der Waals surface area contributed by atoms with E-state index in [4.69, 9.17) is 14.2 Å². The Labute approximate surface area is 167 Å². The van der Waals surface area contributed by atoms with Crippen LogP contribution in [0.1, 0.15) is 21.9 Å². The molecule has 4 rings (SSSR count). The van der Waals surface area contributed by atoms with Crippen molar-refractivity contribution in [3.05, 3.63) is 59.9 Å². The average Bonchev–Trinajstić information content (AvgIpc) is 3.19. The molecule has 0 radical (unpaired) electrons. The van der Waals surface area contributed by atoms with Crippen LogP contribution in [0.4, 0.5) is 0 Å². The van der Waals surface area contributed by atoms with Crippen LogP contribution in [0.5, 0.6) is 17.5 Å². The van der Waals surface area contributed by atoms with Crippen LogP contribution in [0.15, 0.2) is 42.9 Å². The quantitative estimate of drug-likeness (QED) is 0.630. The Kier molecular flexibility index (Phi) is 5.28. The first kappa shape index (κ1) is 18.7. The Morgan fingerprint density at radius 2 is 1.86 bits per heavy atom. The third kappa shape index (κ3) is 4.13. The highest BCUT2D eigenvalue weighted by atomic mass is 16.5. The zero-order chi connectivity index (χ0) is 20.2. The standard InChI is InChI=1S/C20H21N5O4/c1-27-16-4-6-19(22-10-16)29-13-15-11-24-7-8-25(12-17(24)23-15)20(26)14-3-5-18(28-2)21-9-14/h3-6,9-11H,7-8,12-13H2,1-2H3. The van der Waals surface area contributed by atoms with Crippen LogP contribution in [-0.2, 0) is 19.7 Å². The first-order valence-electron chi connectivity index (χ1n) is 9.13. The van der Waals surface area contributed by atoms with Gasteiger partial charge in [0.25, 0.3) is 5.91 Å². The van der Waals surface area contributed by atoms with Gasteiger partial charge in [-0.25, -0.2) is 15.0 Å². The molecule has 1 aliphatic heterocycles. The van der Waals surface area contributed by atoms with E-state index >= 15 is 0 Å². The fourth-order valence-electron chi connectivity index (χ4n) is 3.09. The predicted molar refractivity (Wildman–Crippen MR) is 103 cm³/mol. The highest BCUT2D eigenvalue weighted by molar-refractivity contribution is 5.94. The average molecular weight is 395 g/mol. The molecule has 9 heteroatoms. The largest absolute Gasteiger partial charge is 0.495 e. The molecule has 0 saturated heterocycles. The lowest BCUT2D eigenvalue weighted by molar-refractivity contribution is 0.0707. The predicted octanol–water partition coefficient (Wildman–Crippen LogP) is 1.93. The second-order valence-electron chi connectivity index (χ2n) is 6.48. The normalized spacial score (nSPS) is 13.0. The lowest BCUT2D eigenvalue weighted by Crippen LogP contribution is -2.38. The third-order valence-electron chi connectivity index (χ3n) is 4.64. The molecule has 0 fully saturated rings. The van der Waals surface area contributed by atoms with Crippen molar-refractivity contribution in [3.8, 4) is 17.5 Å². The molecular formula is C20H21N5O4. The van der Waals surface area contributed by atoms with Gasteiger partial charge in [-0.1, -0.05) is 0 Å². The van der Waals surface area contributed by atoms with Gasteiger partial charge in [-0.2, -0.15) is 0 Å². The molecule has 0 aromatic carbocycles. The lowest BCUT2D eigenvalue weighted by Gasteiger charge is -2.27. The van der Waals surface area contributed by atoms with Crippen LogP contribution in [0, 0.1) is 0 Å². The summed E-state index contributed by atoms with van der Waals surface area (Å²) >= 11 is 0. The van der Waals surface area contributed by atoms with Gasteiger partial charge in [0.15, 0.2) is 0 Å². The van der Waals surface area contributed by atoms with E-state index in [1.54, 1.807) is 49.6 Å². The Morgan fingerprint density at radius 1 is 1.03 bits per heavy atom. The number of imidazole rings is 1. The first-order valence-corrected chi connectivity index (χ1v) is 9.13. The van der Waals surface area contributed by atoms with Crippen LogP contribution in [0.2, 0.25) is 0 Å². The number of pyridine rings is 2. The van der Waals surface area contributed by atoms with E-state index in [1.165, 1.54) is 6.20 Å². The number of methoxy groups -OCH3 is 2. The summed E-state index contributed by atoms with van der Waals surface area (Å²) in [5, 5.41) is 0. The van der Waals surface area contributed by atoms with Crippen LogP contribution in [0.3, 0.4) is 0 Å². The zero-order valence-electron chi connectivity index (χ0n) is 16.2. The lowest BCUT2D eigenvalue weighted by atomic mass is 10.2. The molecule has 0 bridgehead atoms. The molecule has 29 heavy (non-hydrogen) atoms. The number of hydrogen-bond donors (Lipinski definition) is 0. The molecule has 0 saturated carbocycles. The fraction of sp³-hybridized carbons (Fsp3) is 0.300. The molecule has 0 unspecified atom stereocenters. The maximum absolute atomic E-state index is 12.7. The van der Waals surface area contributed by atoms with E-state index < -0.39 is 0 Å². The van der Waals surface area contributed by atoms with Gasteiger partial charge in [-0.15, -0.1) is 0 Å². The minimum Gasteiger partial charge on any atom is -0.495 e. The van der Waals surface area contributed by atoms with E-state index in [-0.39, 0.29) is 5.91 Å². The summed E-state index contributed by atoms with van der Waals surface area (Å²) in [7, 11) is 3.13. The number of ether oxygens (including phenoxy) is 3. The number of hydrogen-bond acceptors (Lipinski definition) is 7. The number of carbonyl (C=O) groups excluding carboxylic acids is 1. The van der Waals surface area contributed by atoms with Crippen molar-refractivity contribution in [2.45, 2.75) is 19.7 Å². The van der Waals surface area contributed by atoms with Gasteiger partial charge in [0, 0.05) is 37.6 Å². The maximum atomic E-state index is 12.7. The van der Waals surface area contributed by atoms with E-state index in [2.05, 4.69) is 19.5 Å². The van der Waals surface area contributed by atoms with E-state index in [1.807, 2.05) is 6.20 Å². The molecule has 0 N–H and O–H groups in total. The van der Waals surface area contributed by atoms with Crippen LogP contribution < -0.4 is 14.2 Å². The smallest absolute Gasteiger partial charge is 0.255 e. The van der Waals surface area contributed by atoms with Gasteiger partial charge >= 0.3 is 0 Å². The number of rotatable bonds is 6. The molecule has 4 heterocycles. The number of aromatic nitrogens is 4. The highest BCUT2D eigenvalue weighted by Crippen LogP contribution is 2.18. The summed E-state index contributed by atoms with van der Waals surface area (Å²) in [5.41, 5.74) is 1.32. The molecule has 3 aromatic rings. The minimum atomic E-state index is -0.0744. The fourth-order valence-corrected chi connectivity index (χ4v) is 3.09. The highest BCUT2D eigenvalue weighted by Gasteiger charge is 2.24. The number of nitrogens with zero attached hydrogens (tertiary/aromatic N) is 5. The van der Waals surface area contributed by atoms with Crippen molar-refractivity contribution in [2.24, 2.45) is 0 Å². The summed E-state index contributed by atoms with van der Waals surface area (Å²) in [6, 6.07) is 6.94. The van der Waals surface area contributed by atoms with Gasteiger partial charge in [-0.3, -0.25) is 4.79 Å². The van der Waals surface area contributed by atoms with Crippen molar-refractivity contribution in [1.29, 1.82) is 0 Å². The Hall–Kier alpha value is -3.62. The first-order chi connectivity index (χ1) is 14.2. The van der Waals surface area contributed by atoms with E-state index in [9.17, 15) is 4.79 Å². The second-order valence-corrected chi connectivity index (χ2v) is 6.48. The van der Waals surface area contributed by atoms with Crippen LogP contribution >= 0.6 is 0 Å². The summed E-state index contributed by atoms with van der Waals surface area (Å²) in [5.74, 6) is 2.40. The summed E-state index contributed by atoms with van der Waals surface area (Å²) in [6.45, 7) is 2.02. The van der Waals surface area contributed by atoms with Crippen LogP contribution in [-0.4, -0.2) is 51.1 Å². The SMILES string of the molecule is COc1ccc(OCc2cn3c(n2)CN(C(=O)c2ccc(OC)nc2)CC3)nc1. The van der Waals surface area contributed by atoms with Gasteiger partial charge in [0.2, 0.25) is 11.8 Å². The molecule has 1 aliphatic rings. The maximum Gasteiger partial charge on any atom is 0.255 e. The molecule has 3 aromatic heterocycles. The van der Waals surface area contributed by atoms with Crippen molar-refractivity contribution < 1.29 is 19.0 Å². The Morgan fingerprint density at radius 3 is 2.55 bits per heavy atom. The summed E-state index contributed by atoms with van der Waals surface area (Å²) < 4.78 is 17.9. The van der Waals surface area contributed by atoms with Gasteiger partial charge in [0.05, 0.1) is 38.2 Å². The molecule has 9 nitrogen and oxygen atoms in total. The van der Waals surface area contributed by atoms with Crippen molar-refractivity contribution in [3.63, 3.8) is 0 Å². The molecule has 0 atom stereocenters. The van der Waals surface area contributed by atoms with Crippen LogP contribution in [0.25, 0.3) is 0 Å². The number of carbonyl (C=O) groups is 1. The minimum absolute atomic E-state index is 0.0744. The summed E-state index contributed by atoms with van der Waals surface area (Å²) in [4.78, 5) is 27.4. The van der Waals surface area contributed by atoms with E-state index in [0.717, 1.165) is 11.5 Å². The number of fused-ring (bicyclic) bond motifs is 1. The van der Waals surface area contributed by atoms with Crippen molar-refractivity contribution in [2.75, 3.05) is 20.8 Å². The van der Waals surface area contributed by atoms with E-state index in [0.29, 0.717) is 49.3 Å². The van der Waals surface area contributed by atoms with Gasteiger partial charge in [0.1, 0.15) is 18.2 Å². The van der Waals surface area contributed by atoms with Gasteiger partial charge in [-0.05, 0) is 12.1 Å². The molecule has 1 amide bonds. The molecule has 0 aliphatic carbocycles. The van der Waals surface area contributed by atoms with Gasteiger partial charge < -0.3 is 23.7 Å². The monoisotopic (exact) mass is 395 g/mol. The van der Waals surface area contributed by atoms with Crippen molar-refractivity contribution >= 4 is 5.91 Å². The summed E-state index contributed by atoms with van der Waals surface area (Å²) in [6.07, 6.45) is 5.09.